The fourth-order valence-corrected chi connectivity index (χ4v) is 7.37. The highest BCUT2D eigenvalue weighted by Crippen LogP contribution is 2.35. The number of ether oxygens (including phenoxy) is 5. The van der Waals surface area contributed by atoms with Gasteiger partial charge in [-0.15, -0.1) is 0 Å². The third kappa shape index (κ3) is 8.56. The minimum atomic E-state index is -0.913. The molecule has 1 unspecified atom stereocenters. The summed E-state index contributed by atoms with van der Waals surface area (Å²) < 4.78 is 41.6. The van der Waals surface area contributed by atoms with Crippen molar-refractivity contribution in [3.63, 3.8) is 0 Å². The van der Waals surface area contributed by atoms with E-state index < -0.39 is 16.6 Å². The SMILES string of the molecule is CC1(C)OCc2cc([C@@H]3CN(CCCCCCOCCOCc4cccc(S(=O)C5CCCC5)c4)C(=O)O3)ccc2O1. The minimum Gasteiger partial charge on any atom is -0.463 e. The van der Waals surface area contributed by atoms with Gasteiger partial charge in [0.1, 0.15) is 11.9 Å². The Hall–Kier alpha value is -2.46. The highest BCUT2D eigenvalue weighted by molar-refractivity contribution is 7.85. The fourth-order valence-electron chi connectivity index (χ4n) is 5.75. The molecule has 2 aliphatic heterocycles. The lowest BCUT2D eigenvalue weighted by Gasteiger charge is -2.32. The van der Waals surface area contributed by atoms with Crippen molar-refractivity contribution < 1.29 is 32.7 Å². The molecule has 9 heteroatoms. The highest BCUT2D eigenvalue weighted by Gasteiger charge is 2.33. The van der Waals surface area contributed by atoms with E-state index in [-0.39, 0.29) is 12.2 Å². The van der Waals surface area contributed by atoms with E-state index in [1.807, 2.05) is 56.3 Å². The molecule has 0 spiro atoms. The Balaban J connectivity index is 0.897. The molecule has 0 N–H and O–H groups in total. The molecule has 2 atom stereocenters. The van der Waals surface area contributed by atoms with Crippen LogP contribution < -0.4 is 4.74 Å². The molecule has 1 saturated carbocycles. The zero-order valence-corrected chi connectivity index (χ0v) is 25.8. The van der Waals surface area contributed by atoms with Gasteiger partial charge in [0.2, 0.25) is 5.79 Å². The summed E-state index contributed by atoms with van der Waals surface area (Å²) in [4.78, 5) is 15.1. The summed E-state index contributed by atoms with van der Waals surface area (Å²) in [6.07, 6.45) is 8.03. The summed E-state index contributed by atoms with van der Waals surface area (Å²) in [6.45, 7) is 7.85. The number of benzene rings is 2. The molecule has 1 aliphatic carbocycles. The molecule has 0 bridgehead atoms. The third-order valence-corrected chi connectivity index (χ3v) is 9.91. The van der Waals surface area contributed by atoms with Crippen molar-refractivity contribution in [2.75, 3.05) is 32.9 Å². The Morgan fingerprint density at radius 3 is 2.64 bits per heavy atom. The topological polar surface area (TPSA) is 83.5 Å². The molecular weight excluding hydrogens is 554 g/mol. The Labute approximate surface area is 252 Å². The van der Waals surface area contributed by atoms with Crippen LogP contribution in [0.4, 0.5) is 4.79 Å². The standard InChI is InChI=1S/C33H45NO7S/c1-33(2)39-24-27-21-26(14-15-30(27)41-33)31-22-34(32(35)40-31)16-7-3-4-8-17-37-18-19-38-23-25-10-9-13-29(20-25)42(36)28-11-5-6-12-28/h9-10,13-15,20-21,28,31H,3-8,11-12,16-19,22-24H2,1-2H3/t31-,42?/m0/s1. The zero-order chi connectivity index (χ0) is 29.4. The largest absolute Gasteiger partial charge is 0.463 e. The fraction of sp³-hybridized carbons (Fsp3) is 0.606. The van der Waals surface area contributed by atoms with Crippen LogP contribution in [0.25, 0.3) is 0 Å². The van der Waals surface area contributed by atoms with Crippen LogP contribution in [0.15, 0.2) is 47.4 Å². The third-order valence-electron chi connectivity index (χ3n) is 8.12. The number of carbonyl (C=O) groups is 1. The van der Waals surface area contributed by atoms with Crippen LogP contribution in [-0.4, -0.2) is 59.1 Å². The van der Waals surface area contributed by atoms with Gasteiger partial charge in [-0.2, -0.15) is 0 Å². The Kier molecular flexibility index (Phi) is 10.9. The van der Waals surface area contributed by atoms with Gasteiger partial charge in [0.15, 0.2) is 0 Å². The van der Waals surface area contributed by atoms with Crippen molar-refractivity contribution in [2.24, 2.45) is 0 Å². The number of rotatable bonds is 15. The van der Waals surface area contributed by atoms with Crippen LogP contribution in [0.1, 0.15) is 88.0 Å². The average Bonchev–Trinajstić information content (AvgIpc) is 3.65. The molecule has 2 aromatic carbocycles. The lowest BCUT2D eigenvalue weighted by molar-refractivity contribution is -0.180. The van der Waals surface area contributed by atoms with Gasteiger partial charge in [-0.25, -0.2) is 4.79 Å². The molecular formula is C33H45NO7S. The number of amides is 1. The van der Waals surface area contributed by atoms with Crippen LogP contribution in [-0.2, 0) is 43.0 Å². The Morgan fingerprint density at radius 2 is 1.79 bits per heavy atom. The zero-order valence-electron chi connectivity index (χ0n) is 25.0. The normalized spacial score (nSPS) is 20.8. The smallest absolute Gasteiger partial charge is 0.410 e. The maximum atomic E-state index is 12.8. The highest BCUT2D eigenvalue weighted by atomic mass is 32.2. The van der Waals surface area contributed by atoms with Crippen molar-refractivity contribution in [3.8, 4) is 5.75 Å². The number of hydrogen-bond acceptors (Lipinski definition) is 7. The molecule has 8 nitrogen and oxygen atoms in total. The van der Waals surface area contributed by atoms with Crippen LogP contribution in [0, 0.1) is 0 Å². The maximum Gasteiger partial charge on any atom is 0.410 e. The van der Waals surface area contributed by atoms with Crippen LogP contribution in [0.3, 0.4) is 0 Å². The quantitative estimate of drug-likeness (QED) is 0.212. The van der Waals surface area contributed by atoms with Gasteiger partial charge in [0.25, 0.3) is 0 Å². The van der Waals surface area contributed by atoms with Gasteiger partial charge in [0.05, 0.1) is 43.8 Å². The summed E-state index contributed by atoms with van der Waals surface area (Å²) >= 11 is 0. The average molecular weight is 600 g/mol. The molecule has 1 amide bonds. The van der Waals surface area contributed by atoms with Gasteiger partial charge in [-0.3, -0.25) is 4.21 Å². The molecule has 0 radical (unpaired) electrons. The number of hydrogen-bond donors (Lipinski definition) is 0. The number of cyclic esters (lactones) is 1. The Bertz CT molecular complexity index is 1210. The number of carbonyl (C=O) groups excluding carboxylic acids is 1. The summed E-state index contributed by atoms with van der Waals surface area (Å²) in [5, 5.41) is 0.310. The monoisotopic (exact) mass is 599 g/mol. The van der Waals surface area contributed by atoms with Crippen LogP contribution >= 0.6 is 0 Å². The van der Waals surface area contributed by atoms with Crippen LogP contribution in [0.2, 0.25) is 0 Å². The molecule has 2 fully saturated rings. The van der Waals surface area contributed by atoms with Gasteiger partial charge >= 0.3 is 6.09 Å². The molecule has 1 saturated heterocycles. The van der Waals surface area contributed by atoms with E-state index in [4.69, 9.17) is 23.7 Å². The van der Waals surface area contributed by atoms with Crippen molar-refractivity contribution in [2.45, 2.75) is 100 Å². The predicted molar refractivity (Wildman–Crippen MR) is 161 cm³/mol. The second kappa shape index (κ2) is 14.8. The second-order valence-corrected chi connectivity index (χ2v) is 13.6. The van der Waals surface area contributed by atoms with Gasteiger partial charge < -0.3 is 28.6 Å². The van der Waals surface area contributed by atoms with Gasteiger partial charge in [-0.05, 0) is 61.1 Å². The molecule has 5 rings (SSSR count). The molecule has 230 valence electrons. The van der Waals surface area contributed by atoms with E-state index in [1.165, 1.54) is 12.8 Å². The van der Waals surface area contributed by atoms with E-state index in [9.17, 15) is 9.00 Å². The summed E-state index contributed by atoms with van der Waals surface area (Å²) in [7, 11) is -0.913. The van der Waals surface area contributed by atoms with Crippen molar-refractivity contribution in [3.05, 3.63) is 59.2 Å². The van der Waals surface area contributed by atoms with E-state index in [2.05, 4.69) is 0 Å². The summed E-state index contributed by atoms with van der Waals surface area (Å²) in [6, 6.07) is 13.9. The minimum absolute atomic E-state index is 0.247. The number of unbranched alkanes of at least 4 members (excludes halogenated alkanes) is 3. The van der Waals surface area contributed by atoms with Crippen LogP contribution in [0.5, 0.6) is 5.75 Å². The first kappa shape index (κ1) is 31.0. The van der Waals surface area contributed by atoms with Crippen molar-refractivity contribution in [1.29, 1.82) is 0 Å². The predicted octanol–water partition coefficient (Wildman–Crippen LogP) is 6.67. The van der Waals surface area contributed by atoms with Gasteiger partial charge in [-0.1, -0.05) is 43.9 Å². The molecule has 0 aromatic heterocycles. The molecule has 2 aromatic rings. The number of fused-ring (bicyclic) bond motifs is 1. The van der Waals surface area contributed by atoms with E-state index >= 15 is 0 Å². The molecule has 3 aliphatic rings. The first-order valence-corrected chi connectivity index (χ1v) is 16.7. The van der Waals surface area contributed by atoms with Crippen molar-refractivity contribution in [1.82, 2.24) is 4.90 Å². The summed E-state index contributed by atoms with van der Waals surface area (Å²) in [5.41, 5.74) is 3.01. The first-order chi connectivity index (χ1) is 20.4. The first-order valence-electron chi connectivity index (χ1n) is 15.4. The second-order valence-electron chi connectivity index (χ2n) is 11.9. The summed E-state index contributed by atoms with van der Waals surface area (Å²) in [5.74, 6) is 0.195. The van der Waals surface area contributed by atoms with Gasteiger partial charge in [0, 0.05) is 42.7 Å². The lowest BCUT2D eigenvalue weighted by Crippen LogP contribution is -2.35. The molecule has 42 heavy (non-hydrogen) atoms. The Morgan fingerprint density at radius 1 is 0.976 bits per heavy atom. The number of nitrogens with zero attached hydrogens (tertiary/aromatic N) is 1. The maximum absolute atomic E-state index is 12.8. The van der Waals surface area contributed by atoms with E-state index in [1.54, 1.807) is 4.90 Å². The molecule has 2 heterocycles. The lowest BCUT2D eigenvalue weighted by atomic mass is 10.0. The van der Waals surface area contributed by atoms with E-state index in [0.29, 0.717) is 51.4 Å². The van der Waals surface area contributed by atoms with E-state index in [0.717, 1.165) is 65.9 Å². The van der Waals surface area contributed by atoms with Crippen molar-refractivity contribution >= 4 is 16.9 Å².